The average Bonchev–Trinajstić information content (AvgIpc) is 2.90. The molecule has 3 nitrogen and oxygen atoms in total. The van der Waals surface area contributed by atoms with Gasteiger partial charge in [0, 0.05) is 0 Å². The van der Waals surface area contributed by atoms with E-state index in [9.17, 15) is 9.59 Å². The predicted octanol–water partition coefficient (Wildman–Crippen LogP) is 8.34. The lowest BCUT2D eigenvalue weighted by Gasteiger charge is -2.08. The first-order valence-electron chi connectivity index (χ1n) is 11.9. The summed E-state index contributed by atoms with van der Waals surface area (Å²) in [4.78, 5) is 24.1. The molecule has 0 saturated carbocycles. The summed E-state index contributed by atoms with van der Waals surface area (Å²) in [6.07, 6.45) is 0. The Morgan fingerprint density at radius 2 is 0.806 bits per heavy atom. The fraction of sp³-hybridized carbons (Fsp3) is 0.188. The number of carbonyl (C=O) groups excluding carboxylic acids is 2. The SMILES string of the molecule is CC(C)c1ccc(C(=O)OC(=O)c2ccc(C(C)C)cc2)cc1.P.c1ccc(-c2ccccc2)cc1. The molecule has 4 aromatic carbocycles. The fourth-order valence-electron chi connectivity index (χ4n) is 3.47. The standard InChI is InChI=1S/C20H22O3.C12H10.H3P/c1-13(2)15-5-9-17(10-6-15)19(21)23-20(22)18-11-7-16(8-12-18)14(3)4;1-3-7-11(8-4-1)12-9-5-2-6-10-12;/h5-14H,1-4H3;1-10H;1H3. The number of rotatable bonds is 5. The summed E-state index contributed by atoms with van der Waals surface area (Å²) < 4.78 is 4.95. The largest absolute Gasteiger partial charge is 0.386 e. The van der Waals surface area contributed by atoms with E-state index >= 15 is 0 Å². The molecule has 0 amide bonds. The molecule has 0 N–H and O–H groups in total. The number of ether oxygens (including phenoxy) is 1. The summed E-state index contributed by atoms with van der Waals surface area (Å²) in [7, 11) is 0. The molecule has 0 aliphatic heterocycles. The summed E-state index contributed by atoms with van der Waals surface area (Å²) in [5.41, 5.74) is 5.58. The molecule has 1 atom stereocenters. The van der Waals surface area contributed by atoms with Gasteiger partial charge in [-0.05, 0) is 58.4 Å². The van der Waals surface area contributed by atoms with Crippen molar-refractivity contribution in [3.63, 3.8) is 0 Å². The van der Waals surface area contributed by atoms with Gasteiger partial charge in [0.05, 0.1) is 11.1 Å². The van der Waals surface area contributed by atoms with E-state index in [0.29, 0.717) is 23.0 Å². The Morgan fingerprint density at radius 3 is 1.08 bits per heavy atom. The number of esters is 2. The summed E-state index contributed by atoms with van der Waals surface area (Å²) in [5.74, 6) is -0.473. The molecule has 0 bridgehead atoms. The van der Waals surface area contributed by atoms with E-state index in [4.69, 9.17) is 4.74 Å². The van der Waals surface area contributed by atoms with Crippen LogP contribution in [0.25, 0.3) is 11.1 Å². The first-order valence-corrected chi connectivity index (χ1v) is 11.9. The molecule has 4 rings (SSSR count). The third-order valence-corrected chi connectivity index (χ3v) is 5.69. The Morgan fingerprint density at radius 1 is 0.500 bits per heavy atom. The van der Waals surface area contributed by atoms with Gasteiger partial charge in [-0.25, -0.2) is 9.59 Å². The Hall–Kier alpha value is -3.55. The Balaban J connectivity index is 0.000000294. The van der Waals surface area contributed by atoms with E-state index in [1.807, 2.05) is 36.4 Å². The van der Waals surface area contributed by atoms with Gasteiger partial charge in [-0.2, -0.15) is 9.90 Å². The van der Waals surface area contributed by atoms with E-state index in [1.54, 1.807) is 24.3 Å². The van der Waals surface area contributed by atoms with E-state index in [-0.39, 0.29) is 9.90 Å². The minimum Gasteiger partial charge on any atom is -0.386 e. The van der Waals surface area contributed by atoms with Crippen molar-refractivity contribution in [1.29, 1.82) is 0 Å². The van der Waals surface area contributed by atoms with Crippen LogP contribution in [0, 0.1) is 0 Å². The van der Waals surface area contributed by atoms with Crippen LogP contribution in [0.15, 0.2) is 109 Å². The Kier molecular flexibility index (Phi) is 11.2. The van der Waals surface area contributed by atoms with Crippen molar-refractivity contribution in [2.24, 2.45) is 0 Å². The van der Waals surface area contributed by atoms with Gasteiger partial charge >= 0.3 is 11.9 Å². The van der Waals surface area contributed by atoms with E-state index in [2.05, 4.69) is 76.2 Å². The van der Waals surface area contributed by atoms with Crippen LogP contribution in [0.5, 0.6) is 0 Å². The van der Waals surface area contributed by atoms with E-state index in [0.717, 1.165) is 11.1 Å². The minimum atomic E-state index is -0.627. The maximum Gasteiger partial charge on any atom is 0.346 e. The lowest BCUT2D eigenvalue weighted by molar-refractivity contribution is 0.0397. The van der Waals surface area contributed by atoms with Crippen molar-refractivity contribution < 1.29 is 14.3 Å². The summed E-state index contributed by atoms with van der Waals surface area (Å²) >= 11 is 0. The highest BCUT2D eigenvalue weighted by atomic mass is 31.0. The molecular formula is C32H35O3P. The fourth-order valence-corrected chi connectivity index (χ4v) is 3.47. The van der Waals surface area contributed by atoms with Crippen LogP contribution in [-0.4, -0.2) is 11.9 Å². The van der Waals surface area contributed by atoms with Crippen molar-refractivity contribution in [1.82, 2.24) is 0 Å². The first kappa shape index (κ1) is 28.7. The molecule has 0 spiro atoms. The number of benzene rings is 4. The third kappa shape index (κ3) is 8.29. The topological polar surface area (TPSA) is 43.4 Å². The highest BCUT2D eigenvalue weighted by molar-refractivity contribution is 6.92. The van der Waals surface area contributed by atoms with Gasteiger partial charge in [0.2, 0.25) is 0 Å². The second kappa shape index (κ2) is 14.1. The zero-order valence-electron chi connectivity index (χ0n) is 21.5. The van der Waals surface area contributed by atoms with Crippen LogP contribution in [0.2, 0.25) is 0 Å². The van der Waals surface area contributed by atoms with Gasteiger partial charge in [-0.3, -0.25) is 0 Å². The van der Waals surface area contributed by atoms with Crippen LogP contribution in [0.4, 0.5) is 0 Å². The zero-order valence-corrected chi connectivity index (χ0v) is 22.9. The van der Waals surface area contributed by atoms with Gasteiger partial charge < -0.3 is 4.74 Å². The van der Waals surface area contributed by atoms with Gasteiger partial charge in [0.1, 0.15) is 0 Å². The smallest absolute Gasteiger partial charge is 0.346 e. The maximum atomic E-state index is 12.0. The molecule has 186 valence electrons. The van der Waals surface area contributed by atoms with Crippen LogP contribution in [0.3, 0.4) is 0 Å². The average molecular weight is 499 g/mol. The number of carbonyl (C=O) groups is 2. The molecule has 0 radical (unpaired) electrons. The number of hydrogen-bond donors (Lipinski definition) is 0. The van der Waals surface area contributed by atoms with Crippen molar-refractivity contribution in [3.8, 4) is 11.1 Å². The second-order valence-electron chi connectivity index (χ2n) is 8.96. The normalized spacial score (nSPS) is 10.2. The van der Waals surface area contributed by atoms with Gasteiger partial charge in [0.25, 0.3) is 0 Å². The first-order chi connectivity index (χ1) is 16.8. The highest BCUT2D eigenvalue weighted by Crippen LogP contribution is 2.18. The number of hydrogen-bond acceptors (Lipinski definition) is 3. The molecule has 0 fully saturated rings. The van der Waals surface area contributed by atoms with E-state index in [1.165, 1.54) is 11.1 Å². The van der Waals surface area contributed by atoms with Crippen molar-refractivity contribution in [2.75, 3.05) is 0 Å². The molecule has 4 heteroatoms. The lowest BCUT2D eigenvalue weighted by Crippen LogP contribution is -2.13. The molecule has 1 unspecified atom stereocenters. The molecule has 0 aliphatic rings. The summed E-state index contributed by atoms with van der Waals surface area (Å²) in [5, 5.41) is 0. The molecular weight excluding hydrogens is 463 g/mol. The zero-order chi connectivity index (χ0) is 25.2. The Labute approximate surface area is 218 Å². The lowest BCUT2D eigenvalue weighted by atomic mass is 10.0. The summed E-state index contributed by atoms with van der Waals surface area (Å²) in [6, 6.07) is 35.0. The molecule has 4 aromatic rings. The van der Waals surface area contributed by atoms with Gasteiger partial charge in [-0.1, -0.05) is 113 Å². The van der Waals surface area contributed by atoms with Crippen molar-refractivity contribution >= 4 is 21.8 Å². The van der Waals surface area contributed by atoms with E-state index < -0.39 is 11.9 Å². The third-order valence-electron chi connectivity index (χ3n) is 5.69. The molecule has 36 heavy (non-hydrogen) atoms. The molecule has 0 saturated heterocycles. The van der Waals surface area contributed by atoms with Crippen LogP contribution in [-0.2, 0) is 4.74 Å². The monoisotopic (exact) mass is 498 g/mol. The minimum absolute atomic E-state index is 0. The predicted molar refractivity (Wildman–Crippen MR) is 154 cm³/mol. The quantitative estimate of drug-likeness (QED) is 0.158. The van der Waals surface area contributed by atoms with Crippen molar-refractivity contribution in [2.45, 2.75) is 39.5 Å². The van der Waals surface area contributed by atoms with Crippen LogP contribution < -0.4 is 0 Å². The second-order valence-corrected chi connectivity index (χ2v) is 8.96. The molecule has 0 aromatic heterocycles. The Bertz CT molecular complexity index is 1120. The molecule has 0 aliphatic carbocycles. The van der Waals surface area contributed by atoms with Gasteiger partial charge in [-0.15, -0.1) is 0 Å². The van der Waals surface area contributed by atoms with Crippen molar-refractivity contribution in [3.05, 3.63) is 131 Å². The maximum absolute atomic E-state index is 12.0. The van der Waals surface area contributed by atoms with Crippen LogP contribution >= 0.6 is 9.90 Å². The molecule has 0 heterocycles. The summed E-state index contributed by atoms with van der Waals surface area (Å²) in [6.45, 7) is 8.32. The van der Waals surface area contributed by atoms with Crippen LogP contribution in [0.1, 0.15) is 71.4 Å². The highest BCUT2D eigenvalue weighted by Gasteiger charge is 2.15. The van der Waals surface area contributed by atoms with Gasteiger partial charge in [0.15, 0.2) is 0 Å².